The van der Waals surface area contributed by atoms with E-state index in [2.05, 4.69) is 54.7 Å². The van der Waals surface area contributed by atoms with E-state index in [1.54, 1.807) is 0 Å². The molecule has 1 saturated heterocycles. The van der Waals surface area contributed by atoms with Crippen molar-refractivity contribution in [2.24, 2.45) is 0 Å². The van der Waals surface area contributed by atoms with Crippen LogP contribution in [0, 0.1) is 0 Å². The summed E-state index contributed by atoms with van der Waals surface area (Å²) in [5.74, 6) is 0. The Morgan fingerprint density at radius 3 is 2.52 bits per heavy atom. The van der Waals surface area contributed by atoms with Crippen molar-refractivity contribution in [1.82, 2.24) is 5.32 Å². The number of hydrogen-bond donors (Lipinski definition) is 1. The summed E-state index contributed by atoms with van der Waals surface area (Å²) in [6.45, 7) is 4.29. The molecule has 3 atom stereocenters. The smallest absolute Gasteiger partial charge is 0.0966 e. The molecule has 1 fully saturated rings. The van der Waals surface area contributed by atoms with E-state index >= 15 is 0 Å². The van der Waals surface area contributed by atoms with E-state index in [4.69, 9.17) is 9.47 Å². The third-order valence-electron chi connectivity index (χ3n) is 4.37. The molecule has 0 aliphatic carbocycles. The van der Waals surface area contributed by atoms with Gasteiger partial charge in [-0.1, -0.05) is 60.7 Å². The average molecular weight is 311 g/mol. The summed E-state index contributed by atoms with van der Waals surface area (Å²) in [6, 6.07) is 21.5. The van der Waals surface area contributed by atoms with Gasteiger partial charge in [-0.2, -0.15) is 0 Å². The van der Waals surface area contributed by atoms with Gasteiger partial charge in [0.05, 0.1) is 19.3 Å². The van der Waals surface area contributed by atoms with Gasteiger partial charge in [-0.3, -0.25) is 0 Å². The summed E-state index contributed by atoms with van der Waals surface area (Å²) in [4.78, 5) is 0. The quantitative estimate of drug-likeness (QED) is 0.882. The normalized spacial score (nSPS) is 22.7. The van der Waals surface area contributed by atoms with Gasteiger partial charge in [0.25, 0.3) is 0 Å². The van der Waals surface area contributed by atoms with Crippen LogP contribution in [0.1, 0.15) is 30.5 Å². The minimum absolute atomic E-state index is 0.0927. The average Bonchev–Trinajstić information content (AvgIpc) is 2.62. The molecular formula is C20H25NO2. The molecule has 2 aromatic rings. The van der Waals surface area contributed by atoms with Gasteiger partial charge >= 0.3 is 0 Å². The predicted molar refractivity (Wildman–Crippen MR) is 92.2 cm³/mol. The van der Waals surface area contributed by atoms with Gasteiger partial charge < -0.3 is 14.8 Å². The third kappa shape index (κ3) is 4.64. The van der Waals surface area contributed by atoms with Gasteiger partial charge in [-0.15, -0.1) is 0 Å². The predicted octanol–water partition coefficient (Wildman–Crippen LogP) is 3.71. The van der Waals surface area contributed by atoms with Gasteiger partial charge in [0.15, 0.2) is 0 Å². The molecule has 3 heteroatoms. The van der Waals surface area contributed by atoms with Crippen LogP contribution < -0.4 is 5.32 Å². The number of nitrogens with one attached hydrogen (secondary N) is 1. The van der Waals surface area contributed by atoms with Crippen LogP contribution in [-0.4, -0.2) is 25.4 Å². The molecule has 3 nitrogen and oxygen atoms in total. The Labute approximate surface area is 138 Å². The van der Waals surface area contributed by atoms with Crippen LogP contribution in [0.25, 0.3) is 0 Å². The van der Waals surface area contributed by atoms with Crippen molar-refractivity contribution < 1.29 is 9.47 Å². The van der Waals surface area contributed by atoms with Crippen molar-refractivity contribution in [1.29, 1.82) is 0 Å². The molecule has 1 aliphatic rings. The zero-order chi connectivity index (χ0) is 15.9. The molecule has 0 amide bonds. The van der Waals surface area contributed by atoms with Crippen LogP contribution >= 0.6 is 0 Å². The Hall–Kier alpha value is -1.68. The fraction of sp³-hybridized carbons (Fsp3) is 0.400. The largest absolute Gasteiger partial charge is 0.379 e. The zero-order valence-corrected chi connectivity index (χ0v) is 13.7. The Morgan fingerprint density at radius 2 is 1.78 bits per heavy atom. The lowest BCUT2D eigenvalue weighted by Crippen LogP contribution is -2.48. The van der Waals surface area contributed by atoms with E-state index in [1.165, 1.54) is 11.1 Å². The summed E-state index contributed by atoms with van der Waals surface area (Å²) in [6.07, 6.45) is 1.08. The van der Waals surface area contributed by atoms with Gasteiger partial charge in [-0.05, 0) is 24.5 Å². The highest BCUT2D eigenvalue weighted by molar-refractivity contribution is 5.18. The first kappa shape index (κ1) is 16.2. The number of rotatable bonds is 6. The van der Waals surface area contributed by atoms with E-state index in [1.807, 2.05) is 18.2 Å². The summed E-state index contributed by atoms with van der Waals surface area (Å²) < 4.78 is 11.8. The van der Waals surface area contributed by atoms with Crippen molar-refractivity contribution in [2.45, 2.75) is 38.1 Å². The fourth-order valence-corrected chi connectivity index (χ4v) is 3.00. The first-order valence-corrected chi connectivity index (χ1v) is 8.37. The van der Waals surface area contributed by atoms with Crippen LogP contribution in [0.5, 0.6) is 0 Å². The lowest BCUT2D eigenvalue weighted by Gasteiger charge is -2.34. The standard InChI is InChI=1S/C20H25NO2/c1-16(18-10-6-3-7-11-18)21-19-12-13-22-15-20(19)23-14-17-8-4-2-5-9-17/h2-11,16,19-21H,12-15H2,1H3. The lowest BCUT2D eigenvalue weighted by atomic mass is 10.0. The minimum Gasteiger partial charge on any atom is -0.379 e. The number of ether oxygens (including phenoxy) is 2. The highest BCUT2D eigenvalue weighted by atomic mass is 16.5. The van der Waals surface area contributed by atoms with Crippen molar-refractivity contribution >= 4 is 0 Å². The van der Waals surface area contributed by atoms with Crippen molar-refractivity contribution in [3.05, 3.63) is 71.8 Å². The Bertz CT molecular complexity index is 573. The molecular weight excluding hydrogens is 286 g/mol. The first-order valence-electron chi connectivity index (χ1n) is 8.37. The van der Waals surface area contributed by atoms with Crippen molar-refractivity contribution in [3.63, 3.8) is 0 Å². The maximum absolute atomic E-state index is 6.13. The summed E-state index contributed by atoms with van der Waals surface area (Å²) in [7, 11) is 0. The Morgan fingerprint density at radius 1 is 1.09 bits per heavy atom. The first-order chi connectivity index (χ1) is 11.3. The van der Waals surface area contributed by atoms with Gasteiger partial charge in [-0.25, -0.2) is 0 Å². The minimum atomic E-state index is 0.0927. The molecule has 23 heavy (non-hydrogen) atoms. The monoisotopic (exact) mass is 311 g/mol. The Balaban J connectivity index is 1.58. The maximum atomic E-state index is 6.13. The van der Waals surface area contributed by atoms with Crippen LogP contribution in [0.15, 0.2) is 60.7 Å². The van der Waals surface area contributed by atoms with E-state index < -0.39 is 0 Å². The molecule has 0 spiro atoms. The molecule has 0 bridgehead atoms. The van der Waals surface area contributed by atoms with Crippen LogP contribution in [0.2, 0.25) is 0 Å². The molecule has 0 radical (unpaired) electrons. The van der Waals surface area contributed by atoms with Crippen molar-refractivity contribution in [3.8, 4) is 0 Å². The fourth-order valence-electron chi connectivity index (χ4n) is 3.00. The number of hydrogen-bond acceptors (Lipinski definition) is 3. The highest BCUT2D eigenvalue weighted by Crippen LogP contribution is 2.19. The van der Waals surface area contributed by atoms with Gasteiger partial charge in [0.2, 0.25) is 0 Å². The van der Waals surface area contributed by atoms with Crippen molar-refractivity contribution in [2.75, 3.05) is 13.2 Å². The molecule has 0 saturated carbocycles. The Kier molecular flexibility index (Phi) is 5.81. The maximum Gasteiger partial charge on any atom is 0.0966 e. The van der Waals surface area contributed by atoms with E-state index in [9.17, 15) is 0 Å². The molecule has 1 N–H and O–H groups in total. The second kappa shape index (κ2) is 8.25. The van der Waals surface area contributed by atoms with Crippen LogP contribution in [0.4, 0.5) is 0 Å². The molecule has 1 aliphatic heterocycles. The van der Waals surface area contributed by atoms with Crippen LogP contribution in [0.3, 0.4) is 0 Å². The summed E-state index contributed by atoms with van der Waals surface area (Å²) in [5.41, 5.74) is 2.51. The van der Waals surface area contributed by atoms with Gasteiger partial charge in [0, 0.05) is 18.7 Å². The molecule has 3 rings (SSSR count). The number of benzene rings is 2. The molecule has 2 aromatic carbocycles. The molecule has 1 heterocycles. The zero-order valence-electron chi connectivity index (χ0n) is 13.7. The second-order valence-electron chi connectivity index (χ2n) is 6.10. The molecule has 0 aromatic heterocycles. The summed E-state index contributed by atoms with van der Waals surface area (Å²) >= 11 is 0. The lowest BCUT2D eigenvalue weighted by molar-refractivity contribution is -0.0773. The SMILES string of the molecule is CC(NC1CCOCC1OCc1ccccc1)c1ccccc1. The topological polar surface area (TPSA) is 30.5 Å². The summed E-state index contributed by atoms with van der Waals surface area (Å²) in [5, 5.41) is 3.72. The van der Waals surface area contributed by atoms with E-state index in [0.717, 1.165) is 13.0 Å². The second-order valence-corrected chi connectivity index (χ2v) is 6.10. The van der Waals surface area contributed by atoms with E-state index in [-0.39, 0.29) is 6.10 Å². The molecule has 122 valence electrons. The highest BCUT2D eigenvalue weighted by Gasteiger charge is 2.27. The molecule has 3 unspecified atom stereocenters. The third-order valence-corrected chi connectivity index (χ3v) is 4.37. The van der Waals surface area contributed by atoms with E-state index in [0.29, 0.717) is 25.3 Å². The van der Waals surface area contributed by atoms with Crippen LogP contribution in [-0.2, 0) is 16.1 Å². The van der Waals surface area contributed by atoms with Gasteiger partial charge in [0.1, 0.15) is 0 Å².